The molecule has 8 nitrogen and oxygen atoms in total. The fraction of sp³-hybridized carbons (Fsp3) is 0.946. The Kier molecular flexibility index (Phi) is 49.8. The zero-order valence-electron chi connectivity index (χ0n) is 44.7. The minimum atomic E-state index is 0.245. The molecule has 0 bridgehead atoms. The third-order valence-electron chi connectivity index (χ3n) is 13.5. The molecule has 2 amide bonds. The number of amides is 2. The maximum atomic E-state index is 13.3. The Morgan fingerprint density at radius 3 is 1.18 bits per heavy atom. The lowest BCUT2D eigenvalue weighted by atomic mass is 10.1. The van der Waals surface area contributed by atoms with E-state index in [1.54, 1.807) is 16.7 Å². The molecule has 0 saturated carbocycles. The van der Waals surface area contributed by atoms with Crippen LogP contribution in [0.1, 0.15) is 253 Å². The van der Waals surface area contributed by atoms with Gasteiger partial charge in [0.05, 0.1) is 6.54 Å². The normalized spacial score (nSPS) is 13.0. The topological polar surface area (TPSA) is 67.4 Å². The summed E-state index contributed by atoms with van der Waals surface area (Å²) in [5.74, 6) is 1.26. The summed E-state index contributed by atoms with van der Waals surface area (Å²) in [7, 11) is 0. The summed E-state index contributed by atoms with van der Waals surface area (Å²) in [4.78, 5) is 47.6. The van der Waals surface area contributed by atoms with Crippen LogP contribution in [-0.2, 0) is 14.4 Å². The molecule has 0 spiro atoms. The van der Waals surface area contributed by atoms with Crippen LogP contribution < -0.4 is 0 Å². The van der Waals surface area contributed by atoms with E-state index in [0.29, 0.717) is 37.8 Å². The largest absolute Gasteiger partial charge is 0.342 e. The molecule has 1 fully saturated rings. The highest BCUT2D eigenvalue weighted by Crippen LogP contribution is 2.15. The predicted molar refractivity (Wildman–Crippen MR) is 287 cm³/mol. The lowest BCUT2D eigenvalue weighted by Gasteiger charge is -2.34. The number of piperazine rings is 1. The van der Waals surface area contributed by atoms with Crippen LogP contribution in [0.3, 0.4) is 0 Å². The second kappa shape index (κ2) is 50.7. The molecule has 386 valence electrons. The molecule has 1 aliphatic rings. The summed E-state index contributed by atoms with van der Waals surface area (Å²) in [5.41, 5.74) is 0. The van der Waals surface area contributed by atoms with E-state index in [0.717, 1.165) is 57.7 Å². The van der Waals surface area contributed by atoms with Gasteiger partial charge in [-0.2, -0.15) is 0 Å². The average Bonchev–Trinajstić information content (AvgIpc) is 3.32. The van der Waals surface area contributed by atoms with E-state index in [9.17, 15) is 14.4 Å². The fourth-order valence-corrected chi connectivity index (χ4v) is 9.78. The minimum Gasteiger partial charge on any atom is -0.342 e. The van der Waals surface area contributed by atoms with E-state index < -0.39 is 0 Å². The Bertz CT molecular complexity index is 994. The first-order valence-electron chi connectivity index (χ1n) is 28.7. The van der Waals surface area contributed by atoms with Gasteiger partial charge in [-0.05, 0) is 77.8 Å². The molecule has 0 radical (unpaired) electrons. The average molecular weight is 937 g/mol. The Hall–Kier alpha value is -1.16. The van der Waals surface area contributed by atoms with Crippen molar-refractivity contribution in [2.45, 2.75) is 253 Å². The Morgan fingerprint density at radius 1 is 0.415 bits per heavy atom. The van der Waals surface area contributed by atoms with Gasteiger partial charge in [0.2, 0.25) is 12.3 Å². The highest BCUT2D eigenvalue weighted by Gasteiger charge is 2.22. The van der Waals surface area contributed by atoms with Crippen molar-refractivity contribution in [3.05, 3.63) is 0 Å². The molecule has 0 N–H and O–H groups in total. The zero-order chi connectivity index (χ0) is 47.7. The van der Waals surface area contributed by atoms with Crippen molar-refractivity contribution in [1.82, 2.24) is 24.5 Å². The van der Waals surface area contributed by atoms with Crippen LogP contribution >= 0.6 is 11.8 Å². The smallest absolute Gasteiger partial charge is 0.236 e. The van der Waals surface area contributed by atoms with Crippen molar-refractivity contribution < 1.29 is 14.4 Å². The van der Waals surface area contributed by atoms with Crippen molar-refractivity contribution in [2.24, 2.45) is 0 Å². The van der Waals surface area contributed by atoms with Crippen LogP contribution in [0.5, 0.6) is 0 Å². The summed E-state index contributed by atoms with van der Waals surface area (Å²) in [5, 5.41) is 0.396. The number of carbonyl (C=O) groups is 3. The third-order valence-corrected chi connectivity index (χ3v) is 14.6. The molecule has 0 aromatic carbocycles. The molecule has 1 heterocycles. The first-order chi connectivity index (χ1) is 31.9. The summed E-state index contributed by atoms with van der Waals surface area (Å²) >= 11 is 1.55. The Labute approximate surface area is 410 Å². The number of hydrogen-bond acceptors (Lipinski definition) is 7. The van der Waals surface area contributed by atoms with Gasteiger partial charge in [0.25, 0.3) is 0 Å². The van der Waals surface area contributed by atoms with Gasteiger partial charge in [0.15, 0.2) is 5.12 Å². The van der Waals surface area contributed by atoms with Gasteiger partial charge in [0, 0.05) is 51.4 Å². The molecule has 0 unspecified atom stereocenters. The summed E-state index contributed by atoms with van der Waals surface area (Å²) < 4.78 is 0. The van der Waals surface area contributed by atoms with Gasteiger partial charge in [0.1, 0.15) is 0 Å². The van der Waals surface area contributed by atoms with Crippen LogP contribution in [0.2, 0.25) is 0 Å². The van der Waals surface area contributed by atoms with Crippen LogP contribution in [0.25, 0.3) is 0 Å². The first kappa shape index (κ1) is 63.8. The second-order valence-electron chi connectivity index (χ2n) is 19.6. The maximum absolute atomic E-state index is 13.3. The molecule has 1 aliphatic heterocycles. The molecule has 0 aliphatic carbocycles. The van der Waals surface area contributed by atoms with Crippen molar-refractivity contribution in [3.63, 3.8) is 0 Å². The monoisotopic (exact) mass is 936 g/mol. The fourth-order valence-electron chi connectivity index (χ4n) is 8.91. The number of carbonyl (C=O) groups excluding carboxylic acids is 3. The van der Waals surface area contributed by atoms with E-state index in [4.69, 9.17) is 0 Å². The van der Waals surface area contributed by atoms with Crippen LogP contribution in [-0.4, -0.2) is 133 Å². The van der Waals surface area contributed by atoms with Crippen LogP contribution in [0.4, 0.5) is 0 Å². The van der Waals surface area contributed by atoms with Gasteiger partial charge in [-0.15, -0.1) is 0 Å². The van der Waals surface area contributed by atoms with Gasteiger partial charge in [-0.25, -0.2) is 0 Å². The van der Waals surface area contributed by atoms with Crippen LogP contribution in [0, 0.1) is 0 Å². The standard InChI is InChI=1S/C36H72N4O2.C20H41NOS/c1-4-7-10-13-16-19-22-25-37(26-23-20-17-14-11-8-5-2)28-29-38(27-24-21-18-15-12-9-6-3)34-36(42)40-32-30-39(35-41)31-33-40;1-4-7-9-10-11-12-13-17-21(6-3)18-15-16-20(22)23-19-14-8-5-2/h35H,4-34H2,1-3H3;4-19H2,1-3H3. The first-order valence-corrected chi connectivity index (χ1v) is 29.7. The van der Waals surface area contributed by atoms with E-state index >= 15 is 0 Å². The van der Waals surface area contributed by atoms with Gasteiger partial charge in [-0.1, -0.05) is 220 Å². The summed E-state index contributed by atoms with van der Waals surface area (Å²) in [6.07, 6.45) is 44.2. The number of nitrogens with zero attached hydrogens (tertiary/aromatic N) is 5. The lowest BCUT2D eigenvalue weighted by Crippen LogP contribution is -2.51. The minimum absolute atomic E-state index is 0.245. The van der Waals surface area contributed by atoms with E-state index in [-0.39, 0.29) is 5.91 Å². The van der Waals surface area contributed by atoms with Gasteiger partial charge >= 0.3 is 0 Å². The molecule has 0 atom stereocenters. The predicted octanol–water partition coefficient (Wildman–Crippen LogP) is 14.4. The summed E-state index contributed by atoms with van der Waals surface area (Å²) in [6, 6.07) is 0. The second-order valence-corrected chi connectivity index (χ2v) is 20.7. The molecule has 0 aromatic heterocycles. The lowest BCUT2D eigenvalue weighted by molar-refractivity contribution is -0.136. The highest BCUT2D eigenvalue weighted by molar-refractivity contribution is 8.13. The van der Waals surface area contributed by atoms with Gasteiger partial charge < -0.3 is 19.6 Å². The van der Waals surface area contributed by atoms with Crippen LogP contribution in [0.15, 0.2) is 0 Å². The quantitative estimate of drug-likeness (QED) is 0.0445. The molecule has 0 aromatic rings. The highest BCUT2D eigenvalue weighted by atomic mass is 32.2. The maximum Gasteiger partial charge on any atom is 0.236 e. The summed E-state index contributed by atoms with van der Waals surface area (Å²) in [6.45, 7) is 25.7. The van der Waals surface area contributed by atoms with Gasteiger partial charge in [-0.3, -0.25) is 19.3 Å². The number of unbranched alkanes of at least 4 members (excludes halogenated alkanes) is 26. The number of thioether (sulfide) groups is 1. The molecule has 1 rings (SSSR count). The van der Waals surface area contributed by atoms with Crippen molar-refractivity contribution in [3.8, 4) is 0 Å². The Balaban J connectivity index is 0.00000150. The molecule has 65 heavy (non-hydrogen) atoms. The molecular formula is C56H113N5O3S. The molecular weight excluding hydrogens is 823 g/mol. The molecule has 1 saturated heterocycles. The number of rotatable bonds is 47. The zero-order valence-corrected chi connectivity index (χ0v) is 45.5. The van der Waals surface area contributed by atoms with E-state index in [1.165, 1.54) is 219 Å². The number of hydrogen-bond donors (Lipinski definition) is 0. The van der Waals surface area contributed by atoms with E-state index in [2.05, 4.69) is 56.2 Å². The van der Waals surface area contributed by atoms with Crippen molar-refractivity contribution in [2.75, 3.05) is 90.8 Å². The van der Waals surface area contributed by atoms with Crippen molar-refractivity contribution >= 4 is 29.2 Å². The Morgan fingerprint density at radius 2 is 0.769 bits per heavy atom. The SMILES string of the molecule is CCCCCCCCCN(CC)CCCC(=O)SCCCCC.CCCCCCCCCN(CCCCCCCCC)CCN(CCCCCCCCC)CC(=O)N1CCN(C=O)CC1. The van der Waals surface area contributed by atoms with Crippen molar-refractivity contribution in [1.29, 1.82) is 0 Å². The van der Waals surface area contributed by atoms with E-state index in [1.807, 2.05) is 4.90 Å². The molecule has 9 heteroatoms. The third kappa shape index (κ3) is 42.7.